The minimum Gasteiger partial charge on any atom is -0.382 e. The van der Waals surface area contributed by atoms with Crippen molar-refractivity contribution in [2.45, 2.75) is 33.2 Å². The van der Waals surface area contributed by atoms with Crippen molar-refractivity contribution in [2.24, 2.45) is 4.99 Å². The zero-order chi connectivity index (χ0) is 16.2. The molecule has 1 fully saturated rings. The molecule has 0 aliphatic carbocycles. The van der Waals surface area contributed by atoms with E-state index in [4.69, 9.17) is 4.74 Å². The smallest absolute Gasteiger partial charge is 0.191 e. The second-order valence-electron chi connectivity index (χ2n) is 5.75. The van der Waals surface area contributed by atoms with Crippen LogP contribution in [0.15, 0.2) is 4.99 Å². The molecule has 1 aliphatic heterocycles. The molecule has 6 nitrogen and oxygen atoms in total. The first-order valence-electron chi connectivity index (χ1n) is 8.69. The summed E-state index contributed by atoms with van der Waals surface area (Å²) in [5.74, 6) is 0.885. The highest BCUT2D eigenvalue weighted by Crippen LogP contribution is 2.05. The lowest BCUT2D eigenvalue weighted by Crippen LogP contribution is -2.53. The molecule has 0 aromatic carbocycles. The molecule has 0 spiro atoms. The second-order valence-corrected chi connectivity index (χ2v) is 5.75. The highest BCUT2D eigenvalue weighted by molar-refractivity contribution is 14.0. The summed E-state index contributed by atoms with van der Waals surface area (Å²) in [6.45, 7) is 15.8. The lowest BCUT2D eigenvalue weighted by atomic mass is 10.2. The molecular formula is C16H36IN5O. The van der Waals surface area contributed by atoms with E-state index in [0.717, 1.165) is 51.8 Å². The maximum absolute atomic E-state index is 5.33. The predicted molar refractivity (Wildman–Crippen MR) is 109 cm³/mol. The Hall–Kier alpha value is -0.120. The lowest BCUT2D eigenvalue weighted by molar-refractivity contribution is 0.107. The molecule has 1 heterocycles. The van der Waals surface area contributed by atoms with Gasteiger partial charge in [-0.3, -0.25) is 9.89 Å². The Balaban J connectivity index is 0.00000484. The molecule has 1 aliphatic rings. The lowest BCUT2D eigenvalue weighted by Gasteiger charge is -2.37. The fourth-order valence-electron chi connectivity index (χ4n) is 2.64. The average molecular weight is 441 g/mol. The molecule has 0 aromatic rings. The predicted octanol–water partition coefficient (Wildman–Crippen LogP) is 1.22. The van der Waals surface area contributed by atoms with E-state index in [1.807, 2.05) is 14.0 Å². The third kappa shape index (κ3) is 9.69. The molecule has 138 valence electrons. The summed E-state index contributed by atoms with van der Waals surface area (Å²) in [5, 5.41) is 6.76. The molecule has 0 bridgehead atoms. The number of nitrogens with zero attached hydrogens (tertiary/aromatic N) is 3. The largest absolute Gasteiger partial charge is 0.382 e. The van der Waals surface area contributed by atoms with Gasteiger partial charge in [0.25, 0.3) is 0 Å². The van der Waals surface area contributed by atoms with Crippen molar-refractivity contribution in [3.05, 3.63) is 0 Å². The molecule has 0 saturated carbocycles. The Kier molecular flexibility index (Phi) is 14.2. The van der Waals surface area contributed by atoms with Gasteiger partial charge in [0.2, 0.25) is 0 Å². The number of likely N-dealkylation sites (N-methyl/N-ethyl adjacent to an activating group) is 1. The van der Waals surface area contributed by atoms with Gasteiger partial charge >= 0.3 is 0 Å². The van der Waals surface area contributed by atoms with Crippen molar-refractivity contribution in [1.29, 1.82) is 0 Å². The Morgan fingerprint density at radius 3 is 2.43 bits per heavy atom. The molecule has 23 heavy (non-hydrogen) atoms. The van der Waals surface area contributed by atoms with Crippen LogP contribution >= 0.6 is 24.0 Å². The van der Waals surface area contributed by atoms with E-state index in [0.29, 0.717) is 6.04 Å². The van der Waals surface area contributed by atoms with Crippen LogP contribution in [0.5, 0.6) is 0 Å². The number of halogens is 1. The normalized spacial score (nSPS) is 18.3. The highest BCUT2D eigenvalue weighted by Gasteiger charge is 2.20. The van der Waals surface area contributed by atoms with Crippen LogP contribution in [0.4, 0.5) is 0 Å². The minimum absolute atomic E-state index is 0. The number of piperazine rings is 1. The molecular weight excluding hydrogens is 405 g/mol. The molecule has 1 unspecified atom stereocenters. The van der Waals surface area contributed by atoms with E-state index in [1.165, 1.54) is 19.6 Å². The van der Waals surface area contributed by atoms with Crippen LogP contribution in [0.3, 0.4) is 0 Å². The molecule has 0 aromatic heterocycles. The van der Waals surface area contributed by atoms with Crippen molar-refractivity contribution in [1.82, 2.24) is 20.4 Å². The van der Waals surface area contributed by atoms with Gasteiger partial charge in [-0.05, 0) is 26.8 Å². The Bertz CT molecular complexity index is 309. The van der Waals surface area contributed by atoms with Gasteiger partial charge in [-0.2, -0.15) is 0 Å². The molecule has 1 rings (SSSR count). The van der Waals surface area contributed by atoms with Crippen LogP contribution in [-0.4, -0.2) is 87.9 Å². The fraction of sp³-hybridized carbons (Fsp3) is 0.938. The molecule has 0 radical (unpaired) electrons. The van der Waals surface area contributed by atoms with Gasteiger partial charge in [0, 0.05) is 65.6 Å². The highest BCUT2D eigenvalue weighted by atomic mass is 127. The number of ether oxygens (including phenoxy) is 1. The van der Waals surface area contributed by atoms with Crippen molar-refractivity contribution < 1.29 is 4.74 Å². The van der Waals surface area contributed by atoms with Gasteiger partial charge in [0.1, 0.15) is 0 Å². The molecule has 0 amide bonds. The molecule has 1 saturated heterocycles. The summed E-state index contributed by atoms with van der Waals surface area (Å²) in [4.78, 5) is 9.34. The Morgan fingerprint density at radius 1 is 1.17 bits per heavy atom. The molecule has 1 atom stereocenters. The van der Waals surface area contributed by atoms with Crippen LogP contribution in [0.25, 0.3) is 0 Å². The van der Waals surface area contributed by atoms with Gasteiger partial charge in [-0.1, -0.05) is 6.92 Å². The summed E-state index contributed by atoms with van der Waals surface area (Å²) >= 11 is 0. The van der Waals surface area contributed by atoms with E-state index in [-0.39, 0.29) is 24.0 Å². The van der Waals surface area contributed by atoms with Gasteiger partial charge in [-0.15, -0.1) is 24.0 Å². The third-order valence-electron chi connectivity index (χ3n) is 4.23. The van der Waals surface area contributed by atoms with Gasteiger partial charge in [0.15, 0.2) is 5.96 Å². The Morgan fingerprint density at radius 2 is 1.87 bits per heavy atom. The van der Waals surface area contributed by atoms with Crippen LogP contribution < -0.4 is 10.6 Å². The number of nitrogens with one attached hydrogen (secondary N) is 2. The summed E-state index contributed by atoms with van der Waals surface area (Å²) in [6.07, 6.45) is 1.00. The topological polar surface area (TPSA) is 52.1 Å². The summed E-state index contributed by atoms with van der Waals surface area (Å²) < 4.78 is 5.33. The minimum atomic E-state index is 0. The van der Waals surface area contributed by atoms with Crippen molar-refractivity contribution in [3.8, 4) is 0 Å². The van der Waals surface area contributed by atoms with E-state index in [1.54, 1.807) is 0 Å². The van der Waals surface area contributed by atoms with E-state index in [9.17, 15) is 0 Å². The number of hydrogen-bond donors (Lipinski definition) is 2. The number of guanidine groups is 1. The van der Waals surface area contributed by atoms with Crippen LogP contribution in [0.1, 0.15) is 27.2 Å². The maximum Gasteiger partial charge on any atom is 0.191 e. The van der Waals surface area contributed by atoms with Crippen LogP contribution in [-0.2, 0) is 4.74 Å². The average Bonchev–Trinajstić information content (AvgIpc) is 2.57. The zero-order valence-corrected chi connectivity index (χ0v) is 17.6. The number of rotatable bonds is 9. The first-order chi connectivity index (χ1) is 10.7. The first-order valence-corrected chi connectivity index (χ1v) is 8.69. The van der Waals surface area contributed by atoms with Crippen molar-refractivity contribution in [2.75, 3.05) is 66.1 Å². The van der Waals surface area contributed by atoms with E-state index in [2.05, 4.69) is 39.3 Å². The SMILES string of the molecule is CCOCCCNC(=NC)NCC(C)N1CCN(CC)CC1.I. The first kappa shape index (κ1) is 22.9. The van der Waals surface area contributed by atoms with Gasteiger partial charge < -0.3 is 20.3 Å². The summed E-state index contributed by atoms with van der Waals surface area (Å²) in [7, 11) is 1.82. The van der Waals surface area contributed by atoms with Gasteiger partial charge in [0.05, 0.1) is 0 Å². The number of aliphatic imine (C=N–C) groups is 1. The third-order valence-corrected chi connectivity index (χ3v) is 4.23. The maximum atomic E-state index is 5.33. The van der Waals surface area contributed by atoms with Crippen molar-refractivity contribution >= 4 is 29.9 Å². The quantitative estimate of drug-likeness (QED) is 0.244. The van der Waals surface area contributed by atoms with Gasteiger partial charge in [-0.25, -0.2) is 0 Å². The number of hydrogen-bond acceptors (Lipinski definition) is 4. The summed E-state index contributed by atoms with van der Waals surface area (Å²) in [6, 6.07) is 0.529. The van der Waals surface area contributed by atoms with Crippen molar-refractivity contribution in [3.63, 3.8) is 0 Å². The van der Waals surface area contributed by atoms with Crippen LogP contribution in [0.2, 0.25) is 0 Å². The van der Waals surface area contributed by atoms with Crippen LogP contribution in [0, 0.1) is 0 Å². The van der Waals surface area contributed by atoms with E-state index < -0.39 is 0 Å². The standard InChI is InChI=1S/C16H35N5O.HI/c1-5-20-9-11-21(12-10-20)15(3)14-19-16(17-4)18-8-7-13-22-6-2;/h15H,5-14H2,1-4H3,(H2,17,18,19);1H. The molecule has 7 heteroatoms. The zero-order valence-electron chi connectivity index (χ0n) is 15.3. The van der Waals surface area contributed by atoms with E-state index >= 15 is 0 Å². The summed E-state index contributed by atoms with van der Waals surface area (Å²) in [5.41, 5.74) is 0. The fourth-order valence-corrected chi connectivity index (χ4v) is 2.64. The monoisotopic (exact) mass is 441 g/mol. The Labute approximate surface area is 159 Å². The second kappa shape index (κ2) is 14.2. The molecule has 2 N–H and O–H groups in total.